The Hall–Kier alpha value is -1.85. The van der Waals surface area contributed by atoms with E-state index in [4.69, 9.17) is 4.74 Å². The number of rotatable bonds is 5. The van der Waals surface area contributed by atoms with E-state index in [1.165, 1.54) is 6.07 Å². The third kappa shape index (κ3) is 4.58. The van der Waals surface area contributed by atoms with Crippen molar-refractivity contribution in [2.75, 3.05) is 13.2 Å². The molecule has 0 saturated carbocycles. The van der Waals surface area contributed by atoms with Crippen LogP contribution in [0.25, 0.3) is 10.9 Å². The van der Waals surface area contributed by atoms with Gasteiger partial charge in [-0.25, -0.2) is 4.98 Å². The predicted molar refractivity (Wildman–Crippen MR) is 82.7 cm³/mol. The largest absolute Gasteiger partial charge is 0.493 e. The van der Waals surface area contributed by atoms with Crippen LogP contribution < -0.4 is 10.1 Å². The van der Waals surface area contributed by atoms with E-state index in [0.29, 0.717) is 17.8 Å². The summed E-state index contributed by atoms with van der Waals surface area (Å²) in [5.74, 6) is 0.629. The van der Waals surface area contributed by atoms with Crippen LogP contribution in [0.1, 0.15) is 20.8 Å². The molecule has 1 aromatic heterocycles. The van der Waals surface area contributed by atoms with Gasteiger partial charge in [0.05, 0.1) is 5.52 Å². The fraction of sp³-hybridized carbons (Fsp3) is 0.438. The average molecular weight is 290 g/mol. The van der Waals surface area contributed by atoms with Gasteiger partial charge in [-0.3, -0.25) is 0 Å². The monoisotopic (exact) mass is 290 g/mol. The molecule has 114 valence electrons. The molecule has 5 heteroatoms. The summed E-state index contributed by atoms with van der Waals surface area (Å²) in [5, 5.41) is 23.4. The van der Waals surface area contributed by atoms with Crippen molar-refractivity contribution in [3.8, 4) is 11.6 Å². The van der Waals surface area contributed by atoms with Crippen molar-refractivity contribution < 1.29 is 14.9 Å². The maximum atomic E-state index is 9.95. The Bertz CT molecular complexity index is 608. The second-order valence-electron chi connectivity index (χ2n) is 6.09. The molecule has 5 nitrogen and oxygen atoms in total. The summed E-state index contributed by atoms with van der Waals surface area (Å²) >= 11 is 0. The Morgan fingerprint density at radius 2 is 2.00 bits per heavy atom. The molecule has 0 bridgehead atoms. The van der Waals surface area contributed by atoms with Crippen LogP contribution >= 0.6 is 0 Å². The molecule has 2 aromatic rings. The second kappa shape index (κ2) is 6.28. The highest BCUT2D eigenvalue weighted by Gasteiger charge is 2.13. The molecular weight excluding hydrogens is 268 g/mol. The van der Waals surface area contributed by atoms with Crippen LogP contribution in [0.5, 0.6) is 11.6 Å². The van der Waals surface area contributed by atoms with Gasteiger partial charge in [0.1, 0.15) is 18.5 Å². The highest BCUT2D eigenvalue weighted by Crippen LogP contribution is 2.25. The Balaban J connectivity index is 2.00. The highest BCUT2D eigenvalue weighted by molar-refractivity contribution is 5.85. The molecule has 2 rings (SSSR count). The number of aliphatic hydroxyl groups excluding tert-OH is 1. The van der Waals surface area contributed by atoms with Crippen LogP contribution in [0.2, 0.25) is 0 Å². The molecule has 3 N–H and O–H groups in total. The summed E-state index contributed by atoms with van der Waals surface area (Å²) in [6.45, 7) is 6.80. The number of aromatic hydroxyl groups is 1. The number of benzene rings is 1. The first-order chi connectivity index (χ1) is 9.85. The second-order valence-corrected chi connectivity index (χ2v) is 6.09. The van der Waals surface area contributed by atoms with Gasteiger partial charge in [0.25, 0.3) is 0 Å². The maximum absolute atomic E-state index is 9.95. The molecule has 1 aromatic carbocycles. The molecule has 1 heterocycles. The van der Waals surface area contributed by atoms with Crippen LogP contribution in [0.4, 0.5) is 0 Å². The molecule has 0 spiro atoms. The molecule has 0 amide bonds. The SMILES string of the molecule is CC(C)(C)NCC(O)COc1cccc2nc(O)ccc12. The molecule has 1 atom stereocenters. The molecule has 0 aliphatic heterocycles. The number of pyridine rings is 1. The van der Waals surface area contributed by atoms with Crippen molar-refractivity contribution in [2.24, 2.45) is 0 Å². The number of nitrogens with zero attached hydrogens (tertiary/aromatic N) is 1. The fourth-order valence-corrected chi connectivity index (χ4v) is 1.91. The highest BCUT2D eigenvalue weighted by atomic mass is 16.5. The van der Waals surface area contributed by atoms with Crippen molar-refractivity contribution in [3.05, 3.63) is 30.3 Å². The van der Waals surface area contributed by atoms with Gasteiger partial charge in [0, 0.05) is 23.5 Å². The first kappa shape index (κ1) is 15.5. The smallest absolute Gasteiger partial charge is 0.211 e. The van der Waals surface area contributed by atoms with Crippen LogP contribution in [0, 0.1) is 0 Å². The molecule has 0 radical (unpaired) electrons. The first-order valence-corrected chi connectivity index (χ1v) is 7.00. The van der Waals surface area contributed by atoms with Gasteiger partial charge in [-0.2, -0.15) is 0 Å². The van der Waals surface area contributed by atoms with E-state index in [1.807, 2.05) is 32.9 Å². The van der Waals surface area contributed by atoms with Gasteiger partial charge in [0.2, 0.25) is 5.88 Å². The van der Waals surface area contributed by atoms with Gasteiger partial charge < -0.3 is 20.3 Å². The Morgan fingerprint density at radius 1 is 1.24 bits per heavy atom. The van der Waals surface area contributed by atoms with Crippen molar-refractivity contribution in [1.82, 2.24) is 10.3 Å². The number of aliphatic hydroxyl groups is 1. The lowest BCUT2D eigenvalue weighted by molar-refractivity contribution is 0.101. The minimum Gasteiger partial charge on any atom is -0.493 e. The van der Waals surface area contributed by atoms with E-state index < -0.39 is 6.10 Å². The van der Waals surface area contributed by atoms with Crippen molar-refractivity contribution in [2.45, 2.75) is 32.4 Å². The van der Waals surface area contributed by atoms with Crippen LogP contribution in [0.15, 0.2) is 30.3 Å². The summed E-state index contributed by atoms with van der Waals surface area (Å²) in [6, 6.07) is 8.72. The fourth-order valence-electron chi connectivity index (χ4n) is 1.91. The molecular formula is C16H22N2O3. The predicted octanol–water partition coefficient (Wildman–Crippen LogP) is 2.07. The zero-order chi connectivity index (χ0) is 15.5. The minimum atomic E-state index is -0.593. The minimum absolute atomic E-state index is 0.0194. The molecule has 0 fully saturated rings. The zero-order valence-corrected chi connectivity index (χ0v) is 12.6. The molecule has 1 unspecified atom stereocenters. The molecule has 0 aliphatic carbocycles. The number of β-amino-alcohol motifs (C(OH)–C–C–N with tert-alkyl or cyclic N) is 1. The van der Waals surface area contributed by atoms with E-state index in [9.17, 15) is 10.2 Å². The van der Waals surface area contributed by atoms with Crippen molar-refractivity contribution >= 4 is 10.9 Å². The third-order valence-electron chi connectivity index (χ3n) is 2.98. The quantitative estimate of drug-likeness (QED) is 0.786. The number of ether oxygens (including phenoxy) is 1. The van der Waals surface area contributed by atoms with E-state index in [-0.39, 0.29) is 18.0 Å². The Labute approximate surface area is 124 Å². The van der Waals surface area contributed by atoms with Crippen LogP contribution in [-0.4, -0.2) is 40.0 Å². The molecule has 21 heavy (non-hydrogen) atoms. The molecule has 0 aliphatic rings. The van der Waals surface area contributed by atoms with Crippen molar-refractivity contribution in [3.63, 3.8) is 0 Å². The topological polar surface area (TPSA) is 74.6 Å². The number of aromatic nitrogens is 1. The summed E-state index contributed by atoms with van der Waals surface area (Å²) in [4.78, 5) is 4.03. The lowest BCUT2D eigenvalue weighted by atomic mass is 10.1. The van der Waals surface area contributed by atoms with Gasteiger partial charge in [0.15, 0.2) is 0 Å². The summed E-state index contributed by atoms with van der Waals surface area (Å²) in [5.41, 5.74) is 0.622. The van der Waals surface area contributed by atoms with Gasteiger partial charge in [-0.15, -0.1) is 0 Å². The van der Waals surface area contributed by atoms with Gasteiger partial charge in [-0.1, -0.05) is 6.07 Å². The standard InChI is InChI=1S/C16H22N2O3/c1-16(2,3)17-9-11(19)10-21-14-6-4-5-13-12(14)7-8-15(20)18-13/h4-8,11,17,19H,9-10H2,1-3H3,(H,18,20). The summed E-state index contributed by atoms with van der Waals surface area (Å²) in [6.07, 6.45) is -0.593. The van der Waals surface area contributed by atoms with E-state index in [1.54, 1.807) is 12.1 Å². The number of fused-ring (bicyclic) bond motifs is 1. The van der Waals surface area contributed by atoms with Crippen LogP contribution in [-0.2, 0) is 0 Å². The molecule has 0 saturated heterocycles. The lowest BCUT2D eigenvalue weighted by Crippen LogP contribution is -2.42. The third-order valence-corrected chi connectivity index (χ3v) is 2.98. The Morgan fingerprint density at radius 3 is 2.71 bits per heavy atom. The maximum Gasteiger partial charge on any atom is 0.211 e. The van der Waals surface area contributed by atoms with Gasteiger partial charge in [-0.05, 0) is 39.0 Å². The van der Waals surface area contributed by atoms with Crippen molar-refractivity contribution in [1.29, 1.82) is 0 Å². The number of nitrogens with one attached hydrogen (secondary N) is 1. The Kier molecular flexibility index (Phi) is 4.65. The number of hydrogen-bond acceptors (Lipinski definition) is 5. The summed E-state index contributed by atoms with van der Waals surface area (Å²) in [7, 11) is 0. The van der Waals surface area contributed by atoms with Crippen LogP contribution in [0.3, 0.4) is 0 Å². The van der Waals surface area contributed by atoms with Gasteiger partial charge >= 0.3 is 0 Å². The summed E-state index contributed by atoms with van der Waals surface area (Å²) < 4.78 is 5.67. The first-order valence-electron chi connectivity index (χ1n) is 7.00. The average Bonchev–Trinajstić information content (AvgIpc) is 2.41. The van der Waals surface area contributed by atoms with E-state index in [2.05, 4.69) is 10.3 Å². The van der Waals surface area contributed by atoms with E-state index >= 15 is 0 Å². The number of hydrogen-bond donors (Lipinski definition) is 3. The zero-order valence-electron chi connectivity index (χ0n) is 12.6. The van der Waals surface area contributed by atoms with E-state index in [0.717, 1.165) is 5.39 Å². The normalized spacial score (nSPS) is 13.3. The lowest BCUT2D eigenvalue weighted by Gasteiger charge is -2.23.